The lowest BCUT2D eigenvalue weighted by molar-refractivity contribution is 0.251. The van der Waals surface area contributed by atoms with Gasteiger partial charge >= 0.3 is 0 Å². The highest BCUT2D eigenvalue weighted by Crippen LogP contribution is 2.41. The van der Waals surface area contributed by atoms with Gasteiger partial charge in [-0.25, -0.2) is 0 Å². The van der Waals surface area contributed by atoms with E-state index in [1.54, 1.807) is 28.4 Å². The second kappa shape index (κ2) is 55.9. The molecular weight excluding hydrogens is 1130 g/mol. The number of aliphatic hydroxyl groups excluding tert-OH is 1. The van der Waals surface area contributed by atoms with Crippen molar-refractivity contribution in [1.29, 1.82) is 0 Å². The fourth-order valence-electron chi connectivity index (χ4n) is 6.21. The number of benzene rings is 4. The molecule has 4 aromatic rings. The molecule has 0 fully saturated rings. The second-order valence-corrected chi connectivity index (χ2v) is 30.2. The van der Waals surface area contributed by atoms with Crippen LogP contribution in [0.5, 0.6) is 23.0 Å². The van der Waals surface area contributed by atoms with Gasteiger partial charge in [-0.15, -0.1) is 6.58 Å². The predicted octanol–water partition coefficient (Wildman–Crippen LogP) is 25.6. The van der Waals surface area contributed by atoms with E-state index in [1.807, 2.05) is 30.3 Å². The first kappa shape index (κ1) is 95.3. The molecule has 7 heteroatoms. The van der Waals surface area contributed by atoms with Crippen LogP contribution >= 0.6 is 28.6 Å². The van der Waals surface area contributed by atoms with Crippen molar-refractivity contribution in [3.8, 4) is 23.0 Å². The molecule has 1 N–H and O–H groups in total. The summed E-state index contributed by atoms with van der Waals surface area (Å²) in [5.41, 5.74) is 6.49. The van der Waals surface area contributed by atoms with E-state index in [0.717, 1.165) is 58.1 Å². The lowest BCUT2D eigenvalue weighted by atomic mass is 9.86. The normalized spacial score (nSPS) is 10.6. The number of thiol groups is 1. The molecule has 0 atom stereocenters. The lowest BCUT2D eigenvalue weighted by Gasteiger charge is -2.22. The van der Waals surface area contributed by atoms with Crippen LogP contribution in [-0.2, 0) is 17.3 Å². The summed E-state index contributed by atoms with van der Waals surface area (Å²) < 4.78 is 22.1. The van der Waals surface area contributed by atoms with Gasteiger partial charge in [0.2, 0.25) is 5.75 Å². The standard InChI is InChI=1S/C13H20O3.C11H16O.C10H14.C9H11Br.C8H18.C7H16O.C5H12S.C5H12.C5H10.C4H10.CH4/c1-13(2,3)9-7-10(14-4)12(16-6)11(8-9)15-5;1-11(2,3)9-5-7-10(12-4)8-6-9;1-9(2)8-10-6-4-3-5-7-10;1-7(2)8-3-5-9(10)6-4-8;1-4-5-6-7-8(2)3;1-7(2,3)5-4-6-8;1-5(2)3-4-6;1-5(2,3)4;1-4-5(2)3;1-4(2)3;/h7-8H,1-6H3;5-8H,1-4H3;3-7,9H,8H2,1-2H3;3-7H,1-2H3;8H,4-7H2,1-3H3;8H,4-6H2,1-3H3;5-6H,3-4H2,1-2H3;1-4H3;4-5H,1H2,2-3H3;4H,1-3H3;1H4. The van der Waals surface area contributed by atoms with Crippen LogP contribution in [0.25, 0.3) is 0 Å². The molecule has 4 rings (SSSR count). The number of hydrogen-bond donors (Lipinski definition) is 2. The molecule has 0 aliphatic carbocycles. The van der Waals surface area contributed by atoms with E-state index in [9.17, 15) is 0 Å². The van der Waals surface area contributed by atoms with Crippen LogP contribution in [0.1, 0.15) is 267 Å². The third-order valence-electron chi connectivity index (χ3n) is 11.2. The van der Waals surface area contributed by atoms with Crippen molar-refractivity contribution in [3.05, 3.63) is 130 Å². The van der Waals surface area contributed by atoms with Gasteiger partial charge in [-0.3, -0.25) is 0 Å². The third-order valence-corrected chi connectivity index (χ3v) is 11.9. The van der Waals surface area contributed by atoms with Gasteiger partial charge in [-0.1, -0.05) is 297 Å². The maximum atomic E-state index is 8.43. The summed E-state index contributed by atoms with van der Waals surface area (Å²) in [7, 11) is 6.55. The highest BCUT2D eigenvalue weighted by Gasteiger charge is 2.20. The number of rotatable bonds is 16. The molecule has 0 heterocycles. The molecule has 0 amide bonds. The van der Waals surface area contributed by atoms with Crippen LogP contribution in [0.15, 0.2) is 108 Å². The van der Waals surface area contributed by atoms with Crippen molar-refractivity contribution >= 4 is 28.6 Å². The monoisotopic (exact) mass is 1270 g/mol. The van der Waals surface area contributed by atoms with E-state index in [4.69, 9.17) is 24.1 Å². The fraction of sp³-hybridized carbons (Fsp3) is 0.667. The first-order chi connectivity index (χ1) is 38.6. The number of allylic oxidation sites excluding steroid dienone is 1. The van der Waals surface area contributed by atoms with Crippen LogP contribution < -0.4 is 18.9 Å². The number of aliphatic hydroxyl groups is 1. The topological polar surface area (TPSA) is 57.2 Å². The van der Waals surface area contributed by atoms with Gasteiger partial charge in [0.05, 0.1) is 28.4 Å². The Morgan fingerprint density at radius 1 is 0.553 bits per heavy atom. The Labute approximate surface area is 546 Å². The summed E-state index contributed by atoms with van der Waals surface area (Å²) in [4.78, 5) is 0. The SMILES string of the molecule is C.C=CC(C)C.CC(C)(C)C.CC(C)(C)CCCO.CC(C)C.CC(C)CCS.CC(C)Cc1ccccc1.CC(C)c1ccc(Br)cc1.CCCCCC(C)C.COc1cc(C(C)(C)C)cc(OC)c1OC.COc1ccc(C(C)(C)C)cc1. The van der Waals surface area contributed by atoms with E-state index in [1.165, 1.54) is 55.2 Å². The second-order valence-electron chi connectivity index (χ2n) is 28.8. The van der Waals surface area contributed by atoms with Gasteiger partial charge in [-0.05, 0) is 147 Å². The number of methoxy groups -OCH3 is 4. The Bertz CT molecular complexity index is 1990. The van der Waals surface area contributed by atoms with Crippen LogP contribution in [0, 0.1) is 40.4 Å². The Morgan fingerprint density at radius 2 is 0.965 bits per heavy atom. The highest BCUT2D eigenvalue weighted by molar-refractivity contribution is 9.10. The molecule has 498 valence electrons. The van der Waals surface area contributed by atoms with Gasteiger partial charge in [0.1, 0.15) is 5.75 Å². The number of halogens is 1. The third kappa shape index (κ3) is 71.3. The molecule has 4 aromatic carbocycles. The Kier molecular flexibility index (Phi) is 62.6. The summed E-state index contributed by atoms with van der Waals surface area (Å²) in [5.74, 6) is 8.59. The van der Waals surface area contributed by atoms with Gasteiger partial charge in [0.25, 0.3) is 0 Å². The molecule has 0 aliphatic rings. The number of hydrogen-bond acceptors (Lipinski definition) is 6. The van der Waals surface area contributed by atoms with Gasteiger partial charge in [-0.2, -0.15) is 12.6 Å². The first-order valence-electron chi connectivity index (χ1n) is 31.7. The molecule has 0 saturated heterocycles. The summed E-state index contributed by atoms with van der Waals surface area (Å²) in [6, 6.07) is 31.3. The number of unbranched alkanes of at least 4 members (excludes halogenated alkanes) is 2. The van der Waals surface area contributed by atoms with Crippen molar-refractivity contribution in [2.75, 3.05) is 40.8 Å². The molecule has 0 spiro atoms. The summed E-state index contributed by atoms with van der Waals surface area (Å²) in [6.07, 6.45) is 12.0. The fourth-order valence-corrected chi connectivity index (χ4v) is 6.99. The zero-order chi connectivity index (χ0) is 66.9. The molecule has 5 nitrogen and oxygen atoms in total. The van der Waals surface area contributed by atoms with Crippen LogP contribution in [0.3, 0.4) is 0 Å². The summed E-state index contributed by atoms with van der Waals surface area (Å²) in [6.45, 7) is 63.1. The average molecular weight is 1270 g/mol. The summed E-state index contributed by atoms with van der Waals surface area (Å²) >= 11 is 7.45. The van der Waals surface area contributed by atoms with Crippen molar-refractivity contribution in [3.63, 3.8) is 0 Å². The smallest absolute Gasteiger partial charge is 0.203 e. The van der Waals surface area contributed by atoms with E-state index >= 15 is 0 Å². The van der Waals surface area contributed by atoms with Crippen LogP contribution in [-0.4, -0.2) is 45.9 Å². The minimum Gasteiger partial charge on any atom is -0.497 e. The zero-order valence-corrected chi connectivity index (χ0v) is 63.4. The number of ether oxygens (including phenoxy) is 4. The van der Waals surface area contributed by atoms with E-state index in [2.05, 4.69) is 289 Å². The van der Waals surface area contributed by atoms with Gasteiger partial charge < -0.3 is 24.1 Å². The molecule has 0 aromatic heterocycles. The van der Waals surface area contributed by atoms with Gasteiger partial charge in [0, 0.05) is 11.1 Å². The molecule has 0 unspecified atom stereocenters. The minimum atomic E-state index is 0. The minimum absolute atomic E-state index is 0. The van der Waals surface area contributed by atoms with Crippen molar-refractivity contribution < 1.29 is 24.1 Å². The molecule has 0 aliphatic heterocycles. The molecule has 0 saturated carbocycles. The Balaban J connectivity index is -0.000000163. The molecule has 85 heavy (non-hydrogen) atoms. The quantitative estimate of drug-likeness (QED) is 0.0665. The van der Waals surface area contributed by atoms with Crippen LogP contribution in [0.2, 0.25) is 0 Å². The van der Waals surface area contributed by atoms with E-state index in [0.29, 0.717) is 46.5 Å². The van der Waals surface area contributed by atoms with Crippen molar-refractivity contribution in [2.45, 2.75) is 262 Å². The first-order valence-corrected chi connectivity index (χ1v) is 33.1. The van der Waals surface area contributed by atoms with Gasteiger partial charge in [0.15, 0.2) is 11.5 Å². The van der Waals surface area contributed by atoms with E-state index < -0.39 is 0 Å². The van der Waals surface area contributed by atoms with Crippen molar-refractivity contribution in [1.82, 2.24) is 0 Å². The van der Waals surface area contributed by atoms with Crippen molar-refractivity contribution in [2.24, 2.45) is 40.4 Å². The molecule has 0 bridgehead atoms. The van der Waals surface area contributed by atoms with Crippen LogP contribution in [0.4, 0.5) is 0 Å². The highest BCUT2D eigenvalue weighted by atomic mass is 79.9. The van der Waals surface area contributed by atoms with E-state index in [-0.39, 0.29) is 18.3 Å². The average Bonchev–Trinajstić information content (AvgIpc) is 3.49. The molecule has 0 radical (unpaired) electrons. The Hall–Kier alpha value is -3.39. The maximum Gasteiger partial charge on any atom is 0.203 e. The summed E-state index contributed by atoms with van der Waals surface area (Å²) in [5, 5.41) is 8.43. The molecular formula is C78H143BrO5S. The maximum absolute atomic E-state index is 8.43. The zero-order valence-electron chi connectivity index (χ0n) is 60.9. The Morgan fingerprint density at radius 3 is 1.21 bits per heavy atom. The lowest BCUT2D eigenvalue weighted by Crippen LogP contribution is -2.11. The largest absolute Gasteiger partial charge is 0.497 e. The predicted molar refractivity (Wildman–Crippen MR) is 395 cm³/mol.